The molecule has 2 heteroatoms. The van der Waals surface area contributed by atoms with E-state index in [1.807, 2.05) is 0 Å². The molecule has 0 aliphatic heterocycles. The lowest BCUT2D eigenvalue weighted by Crippen LogP contribution is -2.30. The highest BCUT2D eigenvalue weighted by Gasteiger charge is 2.00. The van der Waals surface area contributed by atoms with Crippen LogP contribution >= 0.6 is 0 Å². The molecular weight excluding hydrogens is 126 g/mol. The second kappa shape index (κ2) is 4.79. The molecule has 0 aromatic rings. The van der Waals surface area contributed by atoms with Crippen molar-refractivity contribution in [3.63, 3.8) is 0 Å². The third-order valence-electron chi connectivity index (χ3n) is 1.09. The molecule has 10 heavy (non-hydrogen) atoms. The maximum Gasteiger partial charge on any atom is 0.217 e. The summed E-state index contributed by atoms with van der Waals surface area (Å²) in [5, 5.41) is 2.70. The van der Waals surface area contributed by atoms with Gasteiger partial charge in [0.1, 0.15) is 0 Å². The molecule has 0 radical (unpaired) electrons. The summed E-state index contributed by atoms with van der Waals surface area (Å²) in [6.07, 6.45) is 4.19. The Balaban J connectivity index is 3.70. The normalized spacial score (nSPS) is 11.7. The van der Waals surface area contributed by atoms with E-state index in [0.717, 1.165) is 6.42 Å². The van der Waals surface area contributed by atoms with E-state index < -0.39 is 0 Å². The Kier molecular flexibility index (Phi) is 4.29. The van der Waals surface area contributed by atoms with E-state index in [1.54, 1.807) is 12.2 Å². The molecule has 1 atom stereocenters. The molecule has 0 heterocycles. The summed E-state index contributed by atoms with van der Waals surface area (Å²) in [5.74, 6) is -0.0354. The first kappa shape index (κ1) is 8.95. The van der Waals surface area contributed by atoms with Crippen LogP contribution in [0.1, 0.15) is 13.3 Å². The summed E-state index contributed by atoms with van der Waals surface area (Å²) in [5.41, 5.74) is 0. The monoisotopic (exact) mass is 139 g/mol. The lowest BCUT2D eigenvalue weighted by atomic mass is 10.2. The molecule has 1 unspecified atom stereocenters. The number of carbonyl (C=O) groups excluding carboxylic acids is 1. The summed E-state index contributed by atoms with van der Waals surface area (Å²) in [6, 6.07) is 0.0370. The molecule has 0 aliphatic rings. The number of hydrogen-bond donors (Lipinski definition) is 1. The fraction of sp³-hybridized carbons (Fsp3) is 0.375. The summed E-state index contributed by atoms with van der Waals surface area (Å²) >= 11 is 0. The summed E-state index contributed by atoms with van der Waals surface area (Å²) < 4.78 is 0. The lowest BCUT2D eigenvalue weighted by Gasteiger charge is -2.09. The smallest absolute Gasteiger partial charge is 0.217 e. The van der Waals surface area contributed by atoms with Crippen LogP contribution in [0.2, 0.25) is 0 Å². The van der Waals surface area contributed by atoms with Crippen LogP contribution in [0.4, 0.5) is 0 Å². The Bertz CT molecular complexity index is 140. The first-order chi connectivity index (χ1) is 4.70. The van der Waals surface area contributed by atoms with Crippen LogP contribution < -0.4 is 5.32 Å². The summed E-state index contributed by atoms with van der Waals surface area (Å²) in [7, 11) is 0. The minimum Gasteiger partial charge on any atom is -0.350 e. The van der Waals surface area contributed by atoms with Crippen molar-refractivity contribution in [1.29, 1.82) is 0 Å². The quantitative estimate of drug-likeness (QED) is 0.583. The Labute approximate surface area is 61.6 Å². The number of rotatable bonds is 4. The van der Waals surface area contributed by atoms with Gasteiger partial charge in [-0.1, -0.05) is 12.2 Å². The molecule has 0 aromatic heterocycles. The van der Waals surface area contributed by atoms with Crippen molar-refractivity contribution in [2.45, 2.75) is 19.4 Å². The van der Waals surface area contributed by atoms with Crippen molar-refractivity contribution in [2.75, 3.05) is 0 Å². The van der Waals surface area contributed by atoms with E-state index in [1.165, 1.54) is 6.92 Å². The van der Waals surface area contributed by atoms with Gasteiger partial charge in [0, 0.05) is 6.92 Å². The van der Waals surface area contributed by atoms with Crippen LogP contribution in [0.5, 0.6) is 0 Å². The second-order valence-electron chi connectivity index (χ2n) is 2.07. The largest absolute Gasteiger partial charge is 0.350 e. The highest BCUT2D eigenvalue weighted by Crippen LogP contribution is 1.92. The van der Waals surface area contributed by atoms with E-state index in [9.17, 15) is 4.79 Å². The minimum atomic E-state index is -0.0354. The Hall–Kier alpha value is -1.05. The maximum absolute atomic E-state index is 10.5. The molecule has 1 N–H and O–H groups in total. The van der Waals surface area contributed by atoms with Crippen LogP contribution in [-0.4, -0.2) is 11.9 Å². The predicted molar refractivity (Wildman–Crippen MR) is 42.6 cm³/mol. The molecule has 0 saturated heterocycles. The molecule has 0 aromatic carbocycles. The van der Waals surface area contributed by atoms with Crippen LogP contribution in [-0.2, 0) is 4.79 Å². The fourth-order valence-corrected chi connectivity index (χ4v) is 0.655. The Morgan fingerprint density at radius 3 is 2.60 bits per heavy atom. The molecule has 0 rings (SSSR count). The van der Waals surface area contributed by atoms with Gasteiger partial charge in [-0.25, -0.2) is 0 Å². The molecule has 0 aliphatic carbocycles. The van der Waals surface area contributed by atoms with Crippen LogP contribution in [0.25, 0.3) is 0 Å². The molecule has 0 bridgehead atoms. The minimum absolute atomic E-state index is 0.0354. The third-order valence-corrected chi connectivity index (χ3v) is 1.09. The van der Waals surface area contributed by atoms with Crippen molar-refractivity contribution >= 4 is 5.91 Å². The number of hydrogen-bond acceptors (Lipinski definition) is 1. The van der Waals surface area contributed by atoms with Gasteiger partial charge in [-0.05, 0) is 6.42 Å². The summed E-state index contributed by atoms with van der Waals surface area (Å²) in [4.78, 5) is 10.5. The first-order valence-corrected chi connectivity index (χ1v) is 3.21. The zero-order valence-corrected chi connectivity index (χ0v) is 6.26. The van der Waals surface area contributed by atoms with E-state index in [2.05, 4.69) is 18.5 Å². The van der Waals surface area contributed by atoms with Gasteiger partial charge in [0.25, 0.3) is 0 Å². The number of nitrogens with one attached hydrogen (secondary N) is 1. The highest BCUT2D eigenvalue weighted by molar-refractivity contribution is 5.73. The number of carbonyl (C=O) groups is 1. The SMILES string of the molecule is C=CCC(C=C)NC(C)=O. The van der Waals surface area contributed by atoms with E-state index >= 15 is 0 Å². The van der Waals surface area contributed by atoms with Gasteiger partial charge in [-0.2, -0.15) is 0 Å². The summed E-state index contributed by atoms with van der Waals surface area (Å²) in [6.45, 7) is 8.61. The molecular formula is C8H13NO. The molecule has 2 nitrogen and oxygen atoms in total. The van der Waals surface area contributed by atoms with Gasteiger partial charge in [0.05, 0.1) is 6.04 Å². The molecule has 0 fully saturated rings. The van der Waals surface area contributed by atoms with Crippen molar-refractivity contribution in [2.24, 2.45) is 0 Å². The van der Waals surface area contributed by atoms with E-state index in [4.69, 9.17) is 0 Å². The average Bonchev–Trinajstić information content (AvgIpc) is 1.86. The van der Waals surface area contributed by atoms with Crippen LogP contribution in [0, 0.1) is 0 Å². The van der Waals surface area contributed by atoms with Crippen molar-refractivity contribution < 1.29 is 4.79 Å². The second-order valence-corrected chi connectivity index (χ2v) is 2.07. The zero-order valence-electron chi connectivity index (χ0n) is 6.26. The van der Waals surface area contributed by atoms with Crippen molar-refractivity contribution in [3.8, 4) is 0 Å². The van der Waals surface area contributed by atoms with Crippen molar-refractivity contribution in [1.82, 2.24) is 5.32 Å². The maximum atomic E-state index is 10.5. The van der Waals surface area contributed by atoms with Gasteiger partial charge in [-0.3, -0.25) is 4.79 Å². The zero-order chi connectivity index (χ0) is 7.98. The Morgan fingerprint density at radius 1 is 1.70 bits per heavy atom. The molecule has 0 spiro atoms. The van der Waals surface area contributed by atoms with Crippen LogP contribution in [0.15, 0.2) is 25.3 Å². The van der Waals surface area contributed by atoms with Gasteiger partial charge in [0.2, 0.25) is 5.91 Å². The van der Waals surface area contributed by atoms with Gasteiger partial charge in [0.15, 0.2) is 0 Å². The molecule has 1 amide bonds. The van der Waals surface area contributed by atoms with Crippen LogP contribution in [0.3, 0.4) is 0 Å². The van der Waals surface area contributed by atoms with Crippen molar-refractivity contribution in [3.05, 3.63) is 25.3 Å². The van der Waals surface area contributed by atoms with Gasteiger partial charge < -0.3 is 5.32 Å². The third kappa shape index (κ3) is 3.89. The lowest BCUT2D eigenvalue weighted by molar-refractivity contribution is -0.119. The number of amides is 1. The van der Waals surface area contributed by atoms with Gasteiger partial charge >= 0.3 is 0 Å². The fourth-order valence-electron chi connectivity index (χ4n) is 0.655. The Morgan fingerprint density at radius 2 is 2.30 bits per heavy atom. The first-order valence-electron chi connectivity index (χ1n) is 3.21. The van der Waals surface area contributed by atoms with E-state index in [0.29, 0.717) is 0 Å². The highest BCUT2D eigenvalue weighted by atomic mass is 16.1. The molecule has 0 saturated carbocycles. The standard InChI is InChI=1S/C8H13NO/c1-4-6-8(5-2)9-7(3)10/h4-5,8H,1-2,6H2,3H3,(H,9,10). The molecule has 56 valence electrons. The average molecular weight is 139 g/mol. The van der Waals surface area contributed by atoms with Gasteiger partial charge in [-0.15, -0.1) is 13.2 Å². The predicted octanol–water partition coefficient (Wildman–Crippen LogP) is 1.25. The topological polar surface area (TPSA) is 29.1 Å². The van der Waals surface area contributed by atoms with E-state index in [-0.39, 0.29) is 11.9 Å².